The molecule has 10 heteroatoms. The minimum Gasteiger partial charge on any atom is -0.492 e. The van der Waals surface area contributed by atoms with Gasteiger partial charge in [-0.05, 0) is 63.2 Å². The summed E-state index contributed by atoms with van der Waals surface area (Å²) >= 11 is 0. The number of anilines is 1. The van der Waals surface area contributed by atoms with Crippen LogP contribution in [0.25, 0.3) is 5.82 Å². The fourth-order valence-electron chi connectivity index (χ4n) is 3.28. The minimum absolute atomic E-state index is 0.0468. The van der Waals surface area contributed by atoms with Crippen molar-refractivity contribution in [1.29, 1.82) is 0 Å². The van der Waals surface area contributed by atoms with Crippen LogP contribution in [0.4, 0.5) is 5.69 Å². The van der Waals surface area contributed by atoms with Crippen molar-refractivity contribution in [1.82, 2.24) is 19.7 Å². The average molecular weight is 480 g/mol. The Kier molecular flexibility index (Phi) is 6.78. The lowest BCUT2D eigenvalue weighted by molar-refractivity contribution is 0.341. The number of hydrogen-bond acceptors (Lipinski definition) is 7. The molecule has 0 saturated carbocycles. The van der Waals surface area contributed by atoms with E-state index in [0.29, 0.717) is 34.7 Å². The number of benzene rings is 2. The third kappa shape index (κ3) is 6.10. The van der Waals surface area contributed by atoms with Gasteiger partial charge in [0.05, 0.1) is 5.69 Å². The van der Waals surface area contributed by atoms with Gasteiger partial charge in [-0.25, -0.2) is 18.1 Å². The van der Waals surface area contributed by atoms with Gasteiger partial charge in [0.2, 0.25) is 15.9 Å². The Labute approximate surface area is 198 Å². The molecule has 0 amide bonds. The SMILES string of the molecule is Cc1cc(C)n(-c2cc(Oc3ccc(NS(=O)(=O)CCOc4ccccc4)cc3)nc(C)n2)n1. The molecule has 4 rings (SSSR count). The third-order valence-electron chi connectivity index (χ3n) is 4.74. The maximum Gasteiger partial charge on any atom is 0.236 e. The van der Waals surface area contributed by atoms with Crippen LogP contribution in [0, 0.1) is 20.8 Å². The first kappa shape index (κ1) is 23.2. The highest BCUT2D eigenvalue weighted by Crippen LogP contribution is 2.24. The van der Waals surface area contributed by atoms with E-state index >= 15 is 0 Å². The first-order chi connectivity index (χ1) is 16.3. The second-order valence-electron chi connectivity index (χ2n) is 7.66. The van der Waals surface area contributed by atoms with Crippen molar-refractivity contribution >= 4 is 15.7 Å². The molecule has 2 aromatic heterocycles. The van der Waals surface area contributed by atoms with Gasteiger partial charge in [-0.1, -0.05) is 18.2 Å². The molecular weight excluding hydrogens is 454 g/mol. The molecule has 0 radical (unpaired) electrons. The second-order valence-corrected chi connectivity index (χ2v) is 9.50. The molecule has 0 bridgehead atoms. The number of ether oxygens (including phenoxy) is 2. The highest BCUT2D eigenvalue weighted by molar-refractivity contribution is 7.92. The first-order valence-corrected chi connectivity index (χ1v) is 12.3. The predicted octanol–water partition coefficient (Wildman–Crippen LogP) is 4.20. The van der Waals surface area contributed by atoms with Gasteiger partial charge >= 0.3 is 0 Å². The van der Waals surface area contributed by atoms with Gasteiger partial charge in [0, 0.05) is 17.4 Å². The second kappa shape index (κ2) is 9.92. The molecular formula is C24H25N5O4S. The zero-order valence-corrected chi connectivity index (χ0v) is 19.9. The largest absolute Gasteiger partial charge is 0.492 e. The number of nitrogens with zero attached hydrogens (tertiary/aromatic N) is 4. The summed E-state index contributed by atoms with van der Waals surface area (Å²) in [5, 5.41) is 4.45. The molecule has 2 heterocycles. The van der Waals surface area contributed by atoms with Gasteiger partial charge in [-0.15, -0.1) is 0 Å². The lowest BCUT2D eigenvalue weighted by atomic mass is 10.3. The van der Waals surface area contributed by atoms with E-state index in [-0.39, 0.29) is 12.4 Å². The summed E-state index contributed by atoms with van der Waals surface area (Å²) in [4.78, 5) is 8.77. The normalized spacial score (nSPS) is 11.3. The van der Waals surface area contributed by atoms with Crippen LogP contribution >= 0.6 is 0 Å². The van der Waals surface area contributed by atoms with Gasteiger partial charge in [-0.3, -0.25) is 4.72 Å². The number of sulfonamides is 1. The van der Waals surface area contributed by atoms with Crippen LogP contribution in [0.3, 0.4) is 0 Å². The summed E-state index contributed by atoms with van der Waals surface area (Å²) in [7, 11) is -3.57. The van der Waals surface area contributed by atoms with Crippen molar-refractivity contribution in [2.75, 3.05) is 17.1 Å². The molecule has 4 aromatic rings. The Hall–Kier alpha value is -3.92. The van der Waals surface area contributed by atoms with Crippen molar-refractivity contribution in [3.05, 3.63) is 83.9 Å². The smallest absolute Gasteiger partial charge is 0.236 e. The standard InChI is InChI=1S/C24H25N5O4S/c1-17-15-18(2)29(27-17)23-16-24(26-19(3)25-23)33-22-11-9-20(10-12-22)28-34(30,31)14-13-32-21-7-5-4-6-8-21/h4-12,15-16,28H,13-14H2,1-3H3. The van der Waals surface area contributed by atoms with Crippen LogP contribution in [-0.2, 0) is 10.0 Å². The minimum atomic E-state index is -3.57. The zero-order valence-electron chi connectivity index (χ0n) is 19.1. The monoisotopic (exact) mass is 479 g/mol. The number of aryl methyl sites for hydroxylation is 3. The number of para-hydroxylation sites is 1. The molecule has 0 aliphatic rings. The van der Waals surface area contributed by atoms with Crippen LogP contribution in [0.15, 0.2) is 66.7 Å². The summed E-state index contributed by atoms with van der Waals surface area (Å²) in [6.45, 7) is 5.69. The number of hydrogen-bond donors (Lipinski definition) is 1. The summed E-state index contributed by atoms with van der Waals surface area (Å²) in [5.74, 6) is 2.47. The molecule has 9 nitrogen and oxygen atoms in total. The Balaban J connectivity index is 1.38. The summed E-state index contributed by atoms with van der Waals surface area (Å²) in [5.41, 5.74) is 2.27. The highest BCUT2D eigenvalue weighted by atomic mass is 32.2. The molecule has 0 atom stereocenters. The first-order valence-electron chi connectivity index (χ1n) is 10.6. The van der Waals surface area contributed by atoms with Gasteiger partial charge in [-0.2, -0.15) is 10.1 Å². The number of rotatable bonds is 9. The van der Waals surface area contributed by atoms with Crippen molar-refractivity contribution in [3.63, 3.8) is 0 Å². The summed E-state index contributed by atoms with van der Waals surface area (Å²) in [6, 6.07) is 19.3. The number of aromatic nitrogens is 4. The van der Waals surface area contributed by atoms with Crippen molar-refractivity contribution in [2.24, 2.45) is 0 Å². The maximum atomic E-state index is 12.4. The van der Waals surface area contributed by atoms with Gasteiger partial charge < -0.3 is 9.47 Å². The van der Waals surface area contributed by atoms with E-state index in [1.807, 2.05) is 38.1 Å². The topological polar surface area (TPSA) is 108 Å². The average Bonchev–Trinajstić information content (AvgIpc) is 3.13. The molecule has 1 N–H and O–H groups in total. The lowest BCUT2D eigenvalue weighted by Gasteiger charge is -2.11. The van der Waals surface area contributed by atoms with Crippen molar-refractivity contribution < 1.29 is 17.9 Å². The van der Waals surface area contributed by atoms with E-state index in [9.17, 15) is 8.42 Å². The fourth-order valence-corrected chi connectivity index (χ4v) is 4.18. The van der Waals surface area contributed by atoms with Gasteiger partial charge in [0.25, 0.3) is 0 Å². The van der Waals surface area contributed by atoms with Crippen molar-refractivity contribution in [3.8, 4) is 23.2 Å². The third-order valence-corrected chi connectivity index (χ3v) is 5.99. The van der Waals surface area contributed by atoms with Crippen LogP contribution < -0.4 is 14.2 Å². The molecule has 0 aliphatic heterocycles. The van der Waals surface area contributed by atoms with Gasteiger partial charge in [0.1, 0.15) is 29.7 Å². The molecule has 34 heavy (non-hydrogen) atoms. The molecule has 0 unspecified atom stereocenters. The molecule has 0 aliphatic carbocycles. The molecule has 0 spiro atoms. The Morgan fingerprint density at radius 3 is 2.32 bits per heavy atom. The predicted molar refractivity (Wildman–Crippen MR) is 129 cm³/mol. The van der Waals surface area contributed by atoms with E-state index < -0.39 is 10.0 Å². The zero-order chi connectivity index (χ0) is 24.1. The Morgan fingerprint density at radius 2 is 1.65 bits per heavy atom. The van der Waals surface area contributed by atoms with Crippen molar-refractivity contribution in [2.45, 2.75) is 20.8 Å². The molecule has 0 saturated heterocycles. The van der Waals surface area contributed by atoms with E-state index in [1.54, 1.807) is 54.1 Å². The van der Waals surface area contributed by atoms with E-state index in [1.165, 1.54) is 0 Å². The van der Waals surface area contributed by atoms with Crippen LogP contribution in [-0.4, -0.2) is 40.5 Å². The maximum absolute atomic E-state index is 12.4. The van der Waals surface area contributed by atoms with Crippen LogP contribution in [0.1, 0.15) is 17.2 Å². The fraction of sp³-hybridized carbons (Fsp3) is 0.208. The highest BCUT2D eigenvalue weighted by Gasteiger charge is 2.12. The van der Waals surface area contributed by atoms with Gasteiger partial charge in [0.15, 0.2) is 5.82 Å². The van der Waals surface area contributed by atoms with E-state index in [2.05, 4.69) is 19.8 Å². The summed E-state index contributed by atoms with van der Waals surface area (Å²) < 4.78 is 40.3. The summed E-state index contributed by atoms with van der Waals surface area (Å²) in [6.07, 6.45) is 0. The number of nitrogens with one attached hydrogen (secondary N) is 1. The van der Waals surface area contributed by atoms with Crippen LogP contribution in [0.5, 0.6) is 17.4 Å². The van der Waals surface area contributed by atoms with E-state index in [4.69, 9.17) is 9.47 Å². The molecule has 176 valence electrons. The molecule has 0 fully saturated rings. The Morgan fingerprint density at radius 1 is 0.912 bits per heavy atom. The van der Waals surface area contributed by atoms with E-state index in [0.717, 1.165) is 11.4 Å². The Bertz CT molecular complexity index is 1370. The quantitative estimate of drug-likeness (QED) is 0.383. The van der Waals surface area contributed by atoms with Crippen LogP contribution in [0.2, 0.25) is 0 Å². The lowest BCUT2D eigenvalue weighted by Crippen LogP contribution is -2.21. The molecule has 2 aromatic carbocycles.